The second kappa shape index (κ2) is 19.1. The van der Waals surface area contributed by atoms with Gasteiger partial charge in [-0.05, 0) is 62.5 Å². The summed E-state index contributed by atoms with van der Waals surface area (Å²) in [6, 6.07) is 9.13. The molecule has 0 fully saturated rings. The first-order valence-electron chi connectivity index (χ1n) is 14.0. The van der Waals surface area contributed by atoms with Crippen molar-refractivity contribution in [3.63, 3.8) is 0 Å². The number of hydrogen-bond donors (Lipinski definition) is 0. The molecule has 0 radical (unpaired) electrons. The Morgan fingerprint density at radius 2 is 0.794 bits per heavy atom. The van der Waals surface area contributed by atoms with E-state index in [1.165, 1.54) is 88.2 Å². The first-order valence-corrected chi connectivity index (χ1v) is 14.0. The summed E-state index contributed by atoms with van der Waals surface area (Å²) in [7, 11) is 0. The van der Waals surface area contributed by atoms with Gasteiger partial charge in [0, 0.05) is 37.1 Å². The number of rotatable bonds is 21. The predicted molar refractivity (Wildman–Crippen MR) is 146 cm³/mol. The summed E-state index contributed by atoms with van der Waals surface area (Å²) >= 11 is 0. The minimum atomic E-state index is 1.11. The van der Waals surface area contributed by atoms with Crippen LogP contribution in [-0.2, 0) is 25.9 Å². The lowest BCUT2D eigenvalue weighted by atomic mass is 10.1. The summed E-state index contributed by atoms with van der Waals surface area (Å²) in [5.41, 5.74) is 2.89. The largest absolute Gasteiger partial charge is 0.205 e. The van der Waals surface area contributed by atoms with Crippen LogP contribution in [0.25, 0.3) is 0 Å². The molecule has 2 rings (SSSR count). The highest BCUT2D eigenvalue weighted by Gasteiger charge is 2.03. The smallest absolute Gasteiger partial charge is 0.169 e. The van der Waals surface area contributed by atoms with Crippen LogP contribution in [0, 0.1) is 0 Å². The molecule has 2 heteroatoms. The van der Waals surface area contributed by atoms with Crippen molar-refractivity contribution in [1.82, 2.24) is 0 Å². The molecule has 0 atom stereocenters. The van der Waals surface area contributed by atoms with Crippen molar-refractivity contribution in [2.24, 2.45) is 0 Å². The fourth-order valence-corrected chi connectivity index (χ4v) is 4.51. The Labute approximate surface area is 210 Å². The molecule has 0 spiro atoms. The molecule has 0 amide bonds. The van der Waals surface area contributed by atoms with Gasteiger partial charge in [-0.3, -0.25) is 0 Å². The third kappa shape index (κ3) is 13.5. The molecule has 186 valence electrons. The van der Waals surface area contributed by atoms with E-state index in [0.717, 1.165) is 38.8 Å². The van der Waals surface area contributed by atoms with Crippen molar-refractivity contribution >= 4 is 0 Å². The van der Waals surface area contributed by atoms with Crippen LogP contribution in [-0.4, -0.2) is 0 Å². The van der Waals surface area contributed by atoms with Crippen LogP contribution in [0.1, 0.15) is 101 Å². The van der Waals surface area contributed by atoms with Gasteiger partial charge >= 0.3 is 0 Å². The average Bonchev–Trinajstić information content (AvgIpc) is 2.87. The molecule has 2 nitrogen and oxygen atoms in total. The van der Waals surface area contributed by atoms with E-state index in [0.29, 0.717) is 0 Å². The van der Waals surface area contributed by atoms with Crippen LogP contribution in [0.3, 0.4) is 0 Å². The number of hydrogen-bond acceptors (Lipinski definition) is 0. The highest BCUT2D eigenvalue weighted by atomic mass is 14.9. The Balaban J connectivity index is 1.37. The summed E-state index contributed by atoms with van der Waals surface area (Å²) < 4.78 is 4.68. The molecular formula is C32H50N2+2. The molecule has 0 bridgehead atoms. The van der Waals surface area contributed by atoms with Gasteiger partial charge in [0.2, 0.25) is 0 Å². The zero-order chi connectivity index (χ0) is 24.1. The molecular weight excluding hydrogens is 412 g/mol. The van der Waals surface area contributed by atoms with Gasteiger partial charge in [0.05, 0.1) is 0 Å². The van der Waals surface area contributed by atoms with Crippen LogP contribution in [0.5, 0.6) is 0 Å². The lowest BCUT2D eigenvalue weighted by molar-refractivity contribution is -0.697. The SMILES string of the molecule is C=CCCCc1cc[n+](CCCCCCCCCCCC[n+]2ccc(CCCC=C)cc2)cc1. The monoisotopic (exact) mass is 462 g/mol. The summed E-state index contributed by atoms with van der Waals surface area (Å²) in [6.07, 6.45) is 33.7. The zero-order valence-electron chi connectivity index (χ0n) is 21.8. The van der Waals surface area contributed by atoms with Crippen LogP contribution in [0.2, 0.25) is 0 Å². The molecule has 0 aliphatic heterocycles. The number of unbranched alkanes of at least 4 members (excludes halogenated alkanes) is 11. The van der Waals surface area contributed by atoms with Crippen molar-refractivity contribution in [3.05, 3.63) is 85.5 Å². The average molecular weight is 463 g/mol. The van der Waals surface area contributed by atoms with E-state index < -0.39 is 0 Å². The Morgan fingerprint density at radius 3 is 1.12 bits per heavy atom. The Hall–Kier alpha value is -2.22. The lowest BCUT2D eigenvalue weighted by Crippen LogP contribution is -2.32. The van der Waals surface area contributed by atoms with Gasteiger partial charge in [0.25, 0.3) is 0 Å². The second-order valence-electron chi connectivity index (χ2n) is 9.79. The molecule has 2 aromatic rings. The molecule has 0 unspecified atom stereocenters. The van der Waals surface area contributed by atoms with Gasteiger partial charge in [0.1, 0.15) is 13.1 Å². The van der Waals surface area contributed by atoms with Crippen LogP contribution in [0.4, 0.5) is 0 Å². The molecule has 2 heterocycles. The normalized spacial score (nSPS) is 10.9. The topological polar surface area (TPSA) is 7.76 Å². The third-order valence-corrected chi connectivity index (χ3v) is 6.75. The zero-order valence-corrected chi connectivity index (χ0v) is 21.8. The molecule has 0 aliphatic rings. The van der Waals surface area contributed by atoms with Crippen molar-refractivity contribution in [1.29, 1.82) is 0 Å². The van der Waals surface area contributed by atoms with E-state index in [1.807, 2.05) is 12.2 Å². The molecule has 2 aromatic heterocycles. The first kappa shape index (κ1) is 28.0. The second-order valence-corrected chi connectivity index (χ2v) is 9.79. The van der Waals surface area contributed by atoms with Gasteiger partial charge in [0.15, 0.2) is 24.8 Å². The maximum Gasteiger partial charge on any atom is 0.169 e. The molecule has 0 saturated heterocycles. The van der Waals surface area contributed by atoms with Crippen molar-refractivity contribution in [2.75, 3.05) is 0 Å². The predicted octanol–water partition coefficient (Wildman–Crippen LogP) is 7.88. The maximum atomic E-state index is 3.80. The number of aryl methyl sites for hydroxylation is 4. The molecule has 0 saturated carbocycles. The Morgan fingerprint density at radius 1 is 0.471 bits per heavy atom. The quantitative estimate of drug-likeness (QED) is 0.101. The van der Waals surface area contributed by atoms with Gasteiger partial charge in [-0.15, -0.1) is 13.2 Å². The van der Waals surface area contributed by atoms with E-state index in [2.05, 4.69) is 71.3 Å². The standard InChI is InChI=1S/C32H50N2/c1-3-5-15-19-31-21-27-33(28-22-31)25-17-13-11-9-7-8-10-12-14-18-26-34-29-23-32(24-30-34)20-16-6-4-2/h3-4,21-24,27-30H,1-2,5-20,25-26H2/q+2. The van der Waals surface area contributed by atoms with Gasteiger partial charge in [-0.25, -0.2) is 9.13 Å². The summed E-state index contributed by atoms with van der Waals surface area (Å²) in [6.45, 7) is 9.91. The molecule has 34 heavy (non-hydrogen) atoms. The summed E-state index contributed by atoms with van der Waals surface area (Å²) in [5.74, 6) is 0. The van der Waals surface area contributed by atoms with Crippen LogP contribution < -0.4 is 9.13 Å². The number of aromatic nitrogens is 2. The van der Waals surface area contributed by atoms with Crippen molar-refractivity contribution < 1.29 is 9.13 Å². The van der Waals surface area contributed by atoms with Crippen LogP contribution in [0.15, 0.2) is 74.4 Å². The fourth-order valence-electron chi connectivity index (χ4n) is 4.51. The van der Waals surface area contributed by atoms with E-state index >= 15 is 0 Å². The number of allylic oxidation sites excluding steroid dienone is 2. The highest BCUT2D eigenvalue weighted by molar-refractivity contribution is 5.08. The first-order chi connectivity index (χ1) is 16.8. The fraction of sp³-hybridized carbons (Fsp3) is 0.562. The van der Waals surface area contributed by atoms with Gasteiger partial charge in [-0.2, -0.15) is 0 Å². The van der Waals surface area contributed by atoms with Crippen molar-refractivity contribution in [2.45, 2.75) is 116 Å². The van der Waals surface area contributed by atoms with Gasteiger partial charge in [-0.1, -0.05) is 50.7 Å². The number of nitrogens with zero attached hydrogens (tertiary/aromatic N) is 2. The highest BCUT2D eigenvalue weighted by Crippen LogP contribution is 2.11. The summed E-state index contributed by atoms with van der Waals surface area (Å²) in [4.78, 5) is 0. The van der Waals surface area contributed by atoms with E-state index in [4.69, 9.17) is 0 Å². The Kier molecular flexibility index (Phi) is 15.8. The Bertz CT molecular complexity index is 693. The minimum absolute atomic E-state index is 1.11. The molecule has 0 aliphatic carbocycles. The van der Waals surface area contributed by atoms with E-state index in [1.54, 1.807) is 0 Å². The summed E-state index contributed by atoms with van der Waals surface area (Å²) in [5, 5.41) is 0. The minimum Gasteiger partial charge on any atom is -0.205 e. The lowest BCUT2D eigenvalue weighted by Gasteiger charge is -2.03. The maximum absolute atomic E-state index is 3.80. The molecule has 0 aromatic carbocycles. The van der Waals surface area contributed by atoms with Gasteiger partial charge < -0.3 is 0 Å². The van der Waals surface area contributed by atoms with Crippen LogP contribution >= 0.6 is 0 Å². The molecule has 0 N–H and O–H groups in total. The third-order valence-electron chi connectivity index (χ3n) is 6.75. The van der Waals surface area contributed by atoms with E-state index in [-0.39, 0.29) is 0 Å². The van der Waals surface area contributed by atoms with Crippen molar-refractivity contribution in [3.8, 4) is 0 Å². The van der Waals surface area contributed by atoms with E-state index in [9.17, 15) is 0 Å². The number of pyridine rings is 2.